The second-order valence-electron chi connectivity index (χ2n) is 12.1. The molecule has 15 heteroatoms. The van der Waals surface area contributed by atoms with Gasteiger partial charge in [-0.1, -0.05) is 24.8 Å². The van der Waals surface area contributed by atoms with Crippen molar-refractivity contribution in [3.63, 3.8) is 0 Å². The van der Waals surface area contributed by atoms with E-state index in [0.717, 1.165) is 24.3 Å². The van der Waals surface area contributed by atoms with Gasteiger partial charge in [-0.3, -0.25) is 19.7 Å². The third kappa shape index (κ3) is 9.27. The first-order valence-corrected chi connectivity index (χ1v) is 16.8. The van der Waals surface area contributed by atoms with Crippen LogP contribution in [0.5, 0.6) is 11.5 Å². The summed E-state index contributed by atoms with van der Waals surface area (Å²) >= 11 is 0. The van der Waals surface area contributed by atoms with Crippen molar-refractivity contribution in [3.8, 4) is 11.5 Å². The van der Waals surface area contributed by atoms with Gasteiger partial charge < -0.3 is 24.1 Å². The van der Waals surface area contributed by atoms with Gasteiger partial charge in [-0.2, -0.15) is 0 Å². The van der Waals surface area contributed by atoms with Crippen LogP contribution < -0.4 is 14.2 Å². The zero-order chi connectivity index (χ0) is 35.9. The quantitative estimate of drug-likeness (QED) is 0.102. The van der Waals surface area contributed by atoms with Crippen LogP contribution in [0.4, 0.5) is 16.2 Å². The van der Waals surface area contributed by atoms with Crippen LogP contribution in [-0.2, 0) is 37.3 Å². The first kappa shape index (κ1) is 36.7. The highest BCUT2D eigenvalue weighted by molar-refractivity contribution is 7.92. The molecule has 14 nitrogen and oxygen atoms in total. The topological polar surface area (TPSA) is 184 Å². The Kier molecular flexibility index (Phi) is 11.5. The molecule has 0 aliphatic carbocycles. The van der Waals surface area contributed by atoms with E-state index >= 15 is 0 Å². The number of sulfonamides is 1. The maximum Gasteiger partial charge on any atom is 0.411 e. The standard InChI is InChI=1S/C34H39N3O11S/c1-6-17-46-26-11-7-22(8-12-26)30(15-16-38)47-31-20-24-21-36(33(40)48-34(2,3)4)29(32(39)45-5)19-23(24)18-28(31)35-49(43,44)27-13-9-25(10-14-27)37(41)42/h6-14,18,20,29-30,35,38H,1,15-17,19,21H2,2-5H3/t29-,30?/m0/s1. The Hall–Kier alpha value is -5.15. The maximum absolute atomic E-state index is 13.6. The van der Waals surface area contributed by atoms with Gasteiger partial charge in [0, 0.05) is 31.6 Å². The number of hydrogen-bond donors (Lipinski definition) is 2. The Balaban J connectivity index is 1.79. The third-order valence-electron chi connectivity index (χ3n) is 7.42. The Morgan fingerprint density at radius 2 is 1.80 bits per heavy atom. The number of amides is 1. The summed E-state index contributed by atoms with van der Waals surface area (Å²) in [7, 11) is -3.11. The van der Waals surface area contributed by atoms with Crippen molar-refractivity contribution in [1.82, 2.24) is 4.90 Å². The van der Waals surface area contributed by atoms with E-state index in [1.807, 2.05) is 0 Å². The van der Waals surface area contributed by atoms with Crippen LogP contribution in [0.25, 0.3) is 0 Å². The molecule has 0 saturated heterocycles. The number of rotatable bonds is 13. The first-order chi connectivity index (χ1) is 23.1. The molecule has 0 saturated carbocycles. The summed E-state index contributed by atoms with van der Waals surface area (Å²) in [5.41, 5.74) is 0.605. The molecular weight excluding hydrogens is 658 g/mol. The van der Waals surface area contributed by atoms with Gasteiger partial charge >= 0.3 is 12.1 Å². The number of ether oxygens (including phenoxy) is 4. The number of fused-ring (bicyclic) bond motifs is 1. The van der Waals surface area contributed by atoms with E-state index in [1.54, 1.807) is 57.2 Å². The smallest absolute Gasteiger partial charge is 0.411 e. The zero-order valence-electron chi connectivity index (χ0n) is 27.6. The molecule has 49 heavy (non-hydrogen) atoms. The van der Waals surface area contributed by atoms with Crippen molar-refractivity contribution >= 4 is 33.5 Å². The number of aliphatic hydroxyl groups is 1. The summed E-state index contributed by atoms with van der Waals surface area (Å²) in [5.74, 6) is -0.0391. The van der Waals surface area contributed by atoms with E-state index in [2.05, 4.69) is 11.3 Å². The second kappa shape index (κ2) is 15.4. The van der Waals surface area contributed by atoms with Gasteiger partial charge in [0.05, 0.1) is 29.2 Å². The molecule has 0 aromatic heterocycles. The van der Waals surface area contributed by atoms with Gasteiger partial charge in [0.25, 0.3) is 15.7 Å². The lowest BCUT2D eigenvalue weighted by atomic mass is 9.93. The number of anilines is 1. The van der Waals surface area contributed by atoms with Crippen LogP contribution in [0.3, 0.4) is 0 Å². The molecule has 0 fully saturated rings. The van der Waals surface area contributed by atoms with E-state index in [4.69, 9.17) is 18.9 Å². The summed E-state index contributed by atoms with van der Waals surface area (Å²) in [6.07, 6.45) is 0.217. The highest BCUT2D eigenvalue weighted by atomic mass is 32.2. The average molecular weight is 698 g/mol. The van der Waals surface area contributed by atoms with Gasteiger partial charge in [-0.05, 0) is 73.9 Å². The number of aliphatic hydroxyl groups excluding tert-OH is 1. The van der Waals surface area contributed by atoms with Gasteiger partial charge in [0.1, 0.15) is 35.9 Å². The molecule has 2 N–H and O–H groups in total. The molecular formula is C34H39N3O11S. The maximum atomic E-state index is 13.6. The fraction of sp³-hybridized carbons (Fsp3) is 0.353. The van der Waals surface area contributed by atoms with E-state index in [1.165, 1.54) is 18.1 Å². The van der Waals surface area contributed by atoms with Crippen LogP contribution in [0.15, 0.2) is 78.2 Å². The minimum atomic E-state index is -4.31. The Morgan fingerprint density at radius 1 is 1.12 bits per heavy atom. The Morgan fingerprint density at radius 3 is 2.37 bits per heavy atom. The van der Waals surface area contributed by atoms with Crippen LogP contribution in [0.1, 0.15) is 50.0 Å². The summed E-state index contributed by atoms with van der Waals surface area (Å²) < 4.78 is 52.2. The Labute approximate surface area is 284 Å². The van der Waals surface area contributed by atoms with Crippen molar-refractivity contribution in [3.05, 3.63) is 100 Å². The minimum absolute atomic E-state index is 0.000290. The number of carbonyl (C=O) groups excluding carboxylic acids is 2. The fourth-order valence-corrected chi connectivity index (χ4v) is 6.16. The lowest BCUT2D eigenvalue weighted by Crippen LogP contribution is -2.50. The number of non-ortho nitro benzene ring substituents is 1. The monoisotopic (exact) mass is 697 g/mol. The molecule has 0 bridgehead atoms. The molecule has 4 rings (SSSR count). The number of hydrogen-bond acceptors (Lipinski definition) is 11. The number of benzene rings is 3. The van der Waals surface area contributed by atoms with Gasteiger partial charge in [-0.25, -0.2) is 18.0 Å². The number of methoxy groups -OCH3 is 1. The molecule has 1 heterocycles. The molecule has 0 radical (unpaired) electrons. The second-order valence-corrected chi connectivity index (χ2v) is 13.8. The molecule has 3 aromatic rings. The molecule has 1 aliphatic heterocycles. The van der Waals surface area contributed by atoms with E-state index < -0.39 is 44.8 Å². The molecule has 1 aliphatic rings. The normalized spacial score (nSPS) is 15.0. The van der Waals surface area contributed by atoms with Gasteiger partial charge in [-0.15, -0.1) is 0 Å². The van der Waals surface area contributed by atoms with Gasteiger partial charge in [0.2, 0.25) is 0 Å². The number of esters is 1. The van der Waals surface area contributed by atoms with Crippen molar-refractivity contribution < 1.29 is 47.0 Å². The first-order valence-electron chi connectivity index (χ1n) is 15.3. The van der Waals surface area contributed by atoms with Gasteiger partial charge in [0.15, 0.2) is 0 Å². The minimum Gasteiger partial charge on any atom is -0.490 e. The highest BCUT2D eigenvalue weighted by Crippen LogP contribution is 2.38. The van der Waals surface area contributed by atoms with Crippen LogP contribution in [0, 0.1) is 10.1 Å². The summed E-state index contributed by atoms with van der Waals surface area (Å²) in [4.78, 5) is 37.6. The molecule has 3 aromatic carbocycles. The molecule has 1 unspecified atom stereocenters. The third-order valence-corrected chi connectivity index (χ3v) is 8.80. The lowest BCUT2D eigenvalue weighted by molar-refractivity contribution is -0.384. The van der Waals surface area contributed by atoms with Crippen LogP contribution >= 0.6 is 0 Å². The zero-order valence-corrected chi connectivity index (χ0v) is 28.4. The number of nitrogens with zero attached hydrogens (tertiary/aromatic N) is 2. The molecule has 262 valence electrons. The summed E-state index contributed by atoms with van der Waals surface area (Å²) in [6.45, 7) is 8.69. The fourth-order valence-electron chi connectivity index (χ4n) is 5.10. The molecule has 1 amide bonds. The number of nitro benzene ring substituents is 1. The molecule has 0 spiro atoms. The summed E-state index contributed by atoms with van der Waals surface area (Å²) in [6, 6.07) is 13.3. The summed E-state index contributed by atoms with van der Waals surface area (Å²) in [5, 5.41) is 21.1. The Bertz CT molecular complexity index is 1790. The van der Waals surface area contributed by atoms with Crippen LogP contribution in [-0.4, -0.2) is 67.4 Å². The van der Waals surface area contributed by atoms with Crippen molar-refractivity contribution in [2.75, 3.05) is 25.0 Å². The lowest BCUT2D eigenvalue weighted by Gasteiger charge is -2.36. The number of nitrogens with one attached hydrogen (secondary N) is 1. The van der Waals surface area contributed by atoms with Crippen molar-refractivity contribution in [2.24, 2.45) is 0 Å². The van der Waals surface area contributed by atoms with Crippen molar-refractivity contribution in [1.29, 1.82) is 0 Å². The average Bonchev–Trinajstić information content (AvgIpc) is 3.05. The van der Waals surface area contributed by atoms with E-state index in [0.29, 0.717) is 29.0 Å². The predicted molar refractivity (Wildman–Crippen MR) is 179 cm³/mol. The molecule has 2 atom stereocenters. The highest BCUT2D eigenvalue weighted by Gasteiger charge is 2.38. The van der Waals surface area contributed by atoms with Crippen LogP contribution in [0.2, 0.25) is 0 Å². The van der Waals surface area contributed by atoms with E-state index in [9.17, 15) is 33.2 Å². The predicted octanol–water partition coefficient (Wildman–Crippen LogP) is 5.30. The SMILES string of the molecule is C=CCOc1ccc(C(CCO)Oc2cc3c(cc2NS(=O)(=O)c2ccc([N+](=O)[O-])cc2)C[C@@H](C(=O)OC)N(C(=O)OC(C)(C)C)C3)cc1. The number of carbonyl (C=O) groups is 2. The number of nitro groups is 1. The van der Waals surface area contributed by atoms with E-state index in [-0.39, 0.29) is 48.0 Å². The largest absolute Gasteiger partial charge is 0.490 e. The van der Waals surface area contributed by atoms with Crippen molar-refractivity contribution in [2.45, 2.75) is 62.8 Å².